The quantitative estimate of drug-likeness (QED) is 0.723. The van der Waals surface area contributed by atoms with Crippen LogP contribution < -0.4 is 10.3 Å². The second-order valence-corrected chi connectivity index (χ2v) is 6.22. The first-order chi connectivity index (χ1) is 12.9. The van der Waals surface area contributed by atoms with E-state index < -0.39 is 23.4 Å². The van der Waals surface area contributed by atoms with Crippen molar-refractivity contribution in [3.63, 3.8) is 0 Å². The van der Waals surface area contributed by atoms with Gasteiger partial charge in [-0.25, -0.2) is 4.39 Å². The number of carbonyl (C=O) groups is 1. The molecule has 27 heavy (non-hydrogen) atoms. The predicted octanol–water partition coefficient (Wildman–Crippen LogP) is 2.48. The lowest BCUT2D eigenvalue weighted by molar-refractivity contribution is 0.0679. The largest absolute Gasteiger partial charge is 0.497 e. The number of nitrogens with one attached hydrogen (secondary N) is 1. The van der Waals surface area contributed by atoms with Crippen LogP contribution in [-0.2, 0) is 0 Å². The minimum absolute atomic E-state index is 0.00705. The van der Waals surface area contributed by atoms with Crippen LogP contribution in [0, 0.1) is 5.82 Å². The van der Waals surface area contributed by atoms with Gasteiger partial charge in [-0.1, -0.05) is 12.1 Å². The van der Waals surface area contributed by atoms with Crippen molar-refractivity contribution in [2.75, 3.05) is 20.7 Å². The Morgan fingerprint density at radius 1 is 1.26 bits per heavy atom. The molecule has 0 spiro atoms. The van der Waals surface area contributed by atoms with Crippen molar-refractivity contribution >= 4 is 16.8 Å². The number of halogens is 1. The molecule has 0 aliphatic rings. The lowest BCUT2D eigenvalue weighted by atomic mass is 10.1. The Labute approximate surface area is 154 Å². The zero-order chi connectivity index (χ0) is 19.6. The number of aromatic amines is 1. The summed E-state index contributed by atoms with van der Waals surface area (Å²) in [4.78, 5) is 28.7. The predicted molar refractivity (Wildman–Crippen MR) is 99.4 cm³/mol. The van der Waals surface area contributed by atoms with Crippen LogP contribution in [0.25, 0.3) is 10.9 Å². The molecule has 0 saturated heterocycles. The Hall–Kier alpha value is -3.19. The van der Waals surface area contributed by atoms with Gasteiger partial charge in [0.15, 0.2) is 0 Å². The molecule has 0 saturated carbocycles. The molecule has 0 aliphatic heterocycles. The molecular weight excluding hydrogens is 351 g/mol. The number of pyridine rings is 1. The average Bonchev–Trinajstić information content (AvgIpc) is 2.66. The maximum absolute atomic E-state index is 13.3. The molecule has 0 radical (unpaired) electrons. The number of nitrogens with zero attached hydrogens (tertiary/aromatic N) is 1. The molecule has 1 heterocycles. The van der Waals surface area contributed by atoms with E-state index >= 15 is 0 Å². The van der Waals surface area contributed by atoms with Crippen LogP contribution in [0.5, 0.6) is 5.75 Å². The highest BCUT2D eigenvalue weighted by molar-refractivity contribution is 5.97. The lowest BCUT2D eigenvalue weighted by Crippen LogP contribution is -2.34. The molecule has 1 amide bonds. The highest BCUT2D eigenvalue weighted by Gasteiger charge is 2.20. The number of ether oxygens (including phenoxy) is 1. The smallest absolute Gasteiger partial charge is 0.261 e. The van der Waals surface area contributed by atoms with Crippen LogP contribution in [-0.4, -0.2) is 41.6 Å². The molecule has 3 rings (SSSR count). The van der Waals surface area contributed by atoms with Gasteiger partial charge in [-0.3, -0.25) is 9.59 Å². The number of carbonyl (C=O) groups excluding carboxylic acids is 1. The summed E-state index contributed by atoms with van der Waals surface area (Å²) in [7, 11) is 3.03. The SMILES string of the molecule is COc1cccc(C(O)CN(C)C(=O)c2cc3ccc(F)cc3[nH]c2=O)c1. The van der Waals surface area contributed by atoms with Crippen LogP contribution in [0.2, 0.25) is 0 Å². The Bertz CT molecular complexity index is 1050. The number of rotatable bonds is 5. The van der Waals surface area contributed by atoms with Gasteiger partial charge in [-0.2, -0.15) is 0 Å². The van der Waals surface area contributed by atoms with Crippen molar-refractivity contribution < 1.29 is 19.0 Å². The number of amides is 1. The van der Waals surface area contributed by atoms with Gasteiger partial charge in [-0.05, 0) is 47.3 Å². The third kappa shape index (κ3) is 3.98. The fourth-order valence-corrected chi connectivity index (χ4v) is 2.83. The lowest BCUT2D eigenvalue weighted by Gasteiger charge is -2.21. The first-order valence-electron chi connectivity index (χ1n) is 8.29. The number of fused-ring (bicyclic) bond motifs is 1. The minimum Gasteiger partial charge on any atom is -0.497 e. The zero-order valence-electron chi connectivity index (χ0n) is 14.9. The van der Waals surface area contributed by atoms with Crippen LogP contribution in [0.1, 0.15) is 22.0 Å². The van der Waals surface area contributed by atoms with E-state index in [1.54, 1.807) is 24.3 Å². The Morgan fingerprint density at radius 2 is 2.04 bits per heavy atom. The van der Waals surface area contributed by atoms with E-state index in [-0.39, 0.29) is 12.1 Å². The summed E-state index contributed by atoms with van der Waals surface area (Å²) in [6.45, 7) is -0.00705. The van der Waals surface area contributed by atoms with Gasteiger partial charge in [0.1, 0.15) is 17.1 Å². The van der Waals surface area contributed by atoms with E-state index in [4.69, 9.17) is 4.74 Å². The van der Waals surface area contributed by atoms with Crippen molar-refractivity contribution in [3.05, 3.63) is 75.8 Å². The van der Waals surface area contributed by atoms with Gasteiger partial charge in [-0.15, -0.1) is 0 Å². The van der Waals surface area contributed by atoms with E-state index in [0.717, 1.165) is 0 Å². The highest BCUT2D eigenvalue weighted by Crippen LogP contribution is 2.20. The molecule has 1 unspecified atom stereocenters. The van der Waals surface area contributed by atoms with Gasteiger partial charge >= 0.3 is 0 Å². The average molecular weight is 370 g/mol. The molecule has 7 heteroatoms. The first-order valence-corrected chi connectivity index (χ1v) is 8.29. The third-order valence-corrected chi connectivity index (χ3v) is 4.31. The topological polar surface area (TPSA) is 82.6 Å². The second kappa shape index (κ2) is 7.59. The van der Waals surface area contributed by atoms with Crippen molar-refractivity contribution in [2.45, 2.75) is 6.10 Å². The van der Waals surface area contributed by atoms with E-state index in [9.17, 15) is 19.1 Å². The molecule has 0 aliphatic carbocycles. The number of aliphatic hydroxyl groups excluding tert-OH is 1. The zero-order valence-corrected chi connectivity index (χ0v) is 14.9. The minimum atomic E-state index is -0.942. The number of H-pyrrole nitrogens is 1. The molecule has 1 aromatic heterocycles. The van der Waals surface area contributed by atoms with Gasteiger partial charge in [0.2, 0.25) is 0 Å². The summed E-state index contributed by atoms with van der Waals surface area (Å²) in [5.41, 5.74) is 0.225. The van der Waals surface area contributed by atoms with Gasteiger partial charge < -0.3 is 19.7 Å². The molecule has 3 aromatic rings. The number of likely N-dealkylation sites (N-methyl/N-ethyl adjacent to an activating group) is 1. The Kier molecular flexibility index (Phi) is 5.23. The van der Waals surface area contributed by atoms with E-state index in [1.165, 1.54) is 43.3 Å². The molecule has 2 N–H and O–H groups in total. The van der Waals surface area contributed by atoms with Crippen molar-refractivity contribution in [2.24, 2.45) is 0 Å². The molecular formula is C20H19FN2O4. The summed E-state index contributed by atoms with van der Waals surface area (Å²) in [5.74, 6) is -0.418. The van der Waals surface area contributed by atoms with Gasteiger partial charge in [0.25, 0.3) is 11.5 Å². The van der Waals surface area contributed by atoms with Gasteiger partial charge in [0.05, 0.1) is 25.3 Å². The van der Waals surface area contributed by atoms with Crippen molar-refractivity contribution in [1.82, 2.24) is 9.88 Å². The Balaban J connectivity index is 1.82. The highest BCUT2D eigenvalue weighted by atomic mass is 19.1. The first kappa shape index (κ1) is 18.6. The molecule has 1 atom stereocenters. The van der Waals surface area contributed by atoms with E-state index in [2.05, 4.69) is 4.98 Å². The number of methoxy groups -OCH3 is 1. The number of benzene rings is 2. The third-order valence-electron chi connectivity index (χ3n) is 4.31. The fourth-order valence-electron chi connectivity index (χ4n) is 2.83. The molecule has 2 aromatic carbocycles. The summed E-state index contributed by atoms with van der Waals surface area (Å²) >= 11 is 0. The summed E-state index contributed by atoms with van der Waals surface area (Å²) in [6.07, 6.45) is -0.942. The number of aliphatic hydroxyl groups is 1. The maximum Gasteiger partial charge on any atom is 0.261 e. The molecule has 140 valence electrons. The molecule has 0 bridgehead atoms. The van der Waals surface area contributed by atoms with Gasteiger partial charge in [0, 0.05) is 7.05 Å². The van der Waals surface area contributed by atoms with Crippen molar-refractivity contribution in [1.29, 1.82) is 0 Å². The van der Waals surface area contributed by atoms with E-state index in [0.29, 0.717) is 22.2 Å². The van der Waals surface area contributed by atoms with Crippen LogP contribution in [0.3, 0.4) is 0 Å². The number of hydrogen-bond acceptors (Lipinski definition) is 4. The fraction of sp³-hybridized carbons (Fsp3) is 0.200. The monoisotopic (exact) mass is 370 g/mol. The molecule has 0 fully saturated rings. The van der Waals surface area contributed by atoms with Crippen LogP contribution in [0.4, 0.5) is 4.39 Å². The second-order valence-electron chi connectivity index (χ2n) is 6.22. The maximum atomic E-state index is 13.3. The van der Waals surface area contributed by atoms with Crippen LogP contribution >= 0.6 is 0 Å². The normalized spacial score (nSPS) is 12.0. The number of hydrogen-bond donors (Lipinski definition) is 2. The molecule has 6 nitrogen and oxygen atoms in total. The Morgan fingerprint density at radius 3 is 2.78 bits per heavy atom. The van der Waals surface area contributed by atoms with Crippen LogP contribution in [0.15, 0.2) is 53.3 Å². The van der Waals surface area contributed by atoms with E-state index in [1.807, 2.05) is 0 Å². The summed E-state index contributed by atoms with van der Waals surface area (Å²) < 4.78 is 18.4. The summed E-state index contributed by atoms with van der Waals surface area (Å²) in [5, 5.41) is 10.9. The van der Waals surface area contributed by atoms with Crippen molar-refractivity contribution in [3.8, 4) is 5.75 Å². The summed E-state index contributed by atoms with van der Waals surface area (Å²) in [6, 6.07) is 12.3. The standard InChI is InChI=1S/C20H19FN2O4/c1-23(11-18(24)13-4-3-5-15(8-13)27-2)20(26)16-9-12-6-7-14(21)10-17(12)22-19(16)25/h3-10,18,24H,11H2,1-2H3,(H,22,25). The number of aromatic nitrogens is 1.